The molecule has 3 heterocycles. The number of nitrogens with zero attached hydrogens (tertiary/aromatic N) is 2. The highest BCUT2D eigenvalue weighted by atomic mass is 16.7. The van der Waals surface area contributed by atoms with Crippen LogP contribution in [0.3, 0.4) is 0 Å². The van der Waals surface area contributed by atoms with Crippen LogP contribution in [-0.4, -0.2) is 30.9 Å². The molecule has 0 amide bonds. The normalized spacial score (nSPS) is 17.0. The summed E-state index contributed by atoms with van der Waals surface area (Å²) < 4.78 is 14.1. The Morgan fingerprint density at radius 2 is 1.58 bits per heavy atom. The number of hydrogen-bond acceptors (Lipinski definition) is 5. The van der Waals surface area contributed by atoms with Gasteiger partial charge in [-0.1, -0.05) is 24.3 Å². The van der Waals surface area contributed by atoms with Gasteiger partial charge < -0.3 is 19.8 Å². The first-order chi connectivity index (χ1) is 12.8. The zero-order chi connectivity index (χ0) is 17.5. The Morgan fingerprint density at radius 1 is 0.923 bits per heavy atom. The van der Waals surface area contributed by atoms with Gasteiger partial charge in [-0.05, 0) is 24.3 Å². The molecule has 0 spiro atoms. The van der Waals surface area contributed by atoms with E-state index in [-0.39, 0.29) is 5.43 Å². The van der Waals surface area contributed by atoms with E-state index in [9.17, 15) is 4.79 Å². The molecule has 5 rings (SSSR count). The van der Waals surface area contributed by atoms with Crippen molar-refractivity contribution in [3.63, 3.8) is 0 Å². The Morgan fingerprint density at radius 3 is 2.31 bits per heavy atom. The molecule has 0 unspecified atom stereocenters. The van der Waals surface area contributed by atoms with Gasteiger partial charge in [-0.25, -0.2) is 0 Å². The summed E-state index contributed by atoms with van der Waals surface area (Å²) in [6, 6.07) is 16.9. The molecular formula is C20H19N3O3. The van der Waals surface area contributed by atoms with Gasteiger partial charge in [0.15, 0.2) is 16.9 Å². The molecule has 0 atom stereocenters. The number of piperazine rings is 1. The first-order valence-corrected chi connectivity index (χ1v) is 8.84. The van der Waals surface area contributed by atoms with E-state index in [1.54, 1.807) is 6.07 Å². The van der Waals surface area contributed by atoms with Crippen LogP contribution in [0.15, 0.2) is 59.4 Å². The average molecular weight is 349 g/mol. The molecule has 0 aliphatic carbocycles. The maximum Gasteiger partial charge on any atom is 0.285 e. The van der Waals surface area contributed by atoms with Crippen molar-refractivity contribution in [2.45, 2.75) is 6.29 Å². The third-order valence-corrected chi connectivity index (χ3v) is 4.86. The summed E-state index contributed by atoms with van der Waals surface area (Å²) in [4.78, 5) is 12.7. The molecule has 1 N–H and O–H groups in total. The molecule has 1 aromatic heterocycles. The van der Waals surface area contributed by atoms with Gasteiger partial charge >= 0.3 is 0 Å². The predicted octanol–water partition coefficient (Wildman–Crippen LogP) is 2.01. The summed E-state index contributed by atoms with van der Waals surface area (Å²) in [5.41, 5.74) is 1.57. The maximum atomic E-state index is 12.7. The molecule has 0 radical (unpaired) electrons. The molecule has 3 aromatic rings. The van der Waals surface area contributed by atoms with Gasteiger partial charge in [-0.15, -0.1) is 0 Å². The lowest BCUT2D eigenvalue weighted by molar-refractivity contribution is 0.0408. The molecule has 2 aromatic carbocycles. The summed E-state index contributed by atoms with van der Waals surface area (Å²) in [7, 11) is 0. The molecule has 26 heavy (non-hydrogen) atoms. The standard InChI is InChI=1S/C20H19N3O3/c24-17-13-16(20-25-18-7-3-4-8-19(18)26-20)23(22-11-9-21-10-12-22)15-6-2-1-5-14(15)17/h1-8,13,20-21H,9-12H2. The van der Waals surface area contributed by atoms with E-state index in [0.717, 1.165) is 31.7 Å². The van der Waals surface area contributed by atoms with Crippen LogP contribution in [0.5, 0.6) is 11.5 Å². The van der Waals surface area contributed by atoms with Crippen molar-refractivity contribution >= 4 is 10.9 Å². The number of aromatic nitrogens is 1. The summed E-state index contributed by atoms with van der Waals surface area (Å²) in [5, 5.41) is 6.31. The molecular weight excluding hydrogens is 330 g/mol. The molecule has 6 heteroatoms. The van der Waals surface area contributed by atoms with Gasteiger partial charge in [0, 0.05) is 37.6 Å². The van der Waals surface area contributed by atoms with Crippen LogP contribution in [0, 0.1) is 0 Å². The van der Waals surface area contributed by atoms with Gasteiger partial charge in [0.2, 0.25) is 0 Å². The largest absolute Gasteiger partial charge is 0.445 e. The van der Waals surface area contributed by atoms with Crippen molar-refractivity contribution in [1.82, 2.24) is 9.99 Å². The molecule has 6 nitrogen and oxygen atoms in total. The van der Waals surface area contributed by atoms with Crippen LogP contribution in [0.2, 0.25) is 0 Å². The summed E-state index contributed by atoms with van der Waals surface area (Å²) >= 11 is 0. The fourth-order valence-corrected chi connectivity index (χ4v) is 3.64. The topological polar surface area (TPSA) is 55.7 Å². The highest BCUT2D eigenvalue weighted by molar-refractivity contribution is 5.79. The first kappa shape index (κ1) is 15.3. The molecule has 2 aliphatic heterocycles. The Kier molecular flexibility index (Phi) is 3.57. The van der Waals surface area contributed by atoms with Gasteiger partial charge in [0.25, 0.3) is 6.29 Å². The quantitative estimate of drug-likeness (QED) is 0.767. The van der Waals surface area contributed by atoms with Crippen molar-refractivity contribution < 1.29 is 9.47 Å². The maximum absolute atomic E-state index is 12.7. The van der Waals surface area contributed by atoms with Crippen molar-refractivity contribution in [3.8, 4) is 11.5 Å². The molecule has 0 bridgehead atoms. The third-order valence-electron chi connectivity index (χ3n) is 4.86. The van der Waals surface area contributed by atoms with Crippen LogP contribution in [0.4, 0.5) is 0 Å². The van der Waals surface area contributed by atoms with Gasteiger partial charge in [-0.3, -0.25) is 9.47 Å². The van der Waals surface area contributed by atoms with Gasteiger partial charge in [0.1, 0.15) is 5.69 Å². The Balaban J connectivity index is 1.68. The van der Waals surface area contributed by atoms with E-state index >= 15 is 0 Å². The van der Waals surface area contributed by atoms with E-state index in [1.807, 2.05) is 48.5 Å². The van der Waals surface area contributed by atoms with E-state index in [2.05, 4.69) is 15.0 Å². The highest BCUT2D eigenvalue weighted by Crippen LogP contribution is 2.40. The zero-order valence-electron chi connectivity index (χ0n) is 14.2. The fraction of sp³-hybridized carbons (Fsp3) is 0.250. The summed E-state index contributed by atoms with van der Waals surface area (Å²) in [6.07, 6.45) is -0.639. The minimum absolute atomic E-state index is 0.0230. The van der Waals surface area contributed by atoms with Crippen LogP contribution in [0.1, 0.15) is 12.0 Å². The predicted molar refractivity (Wildman–Crippen MR) is 99.5 cm³/mol. The van der Waals surface area contributed by atoms with Crippen molar-refractivity contribution in [2.75, 3.05) is 31.2 Å². The van der Waals surface area contributed by atoms with E-state index in [0.29, 0.717) is 22.6 Å². The first-order valence-electron chi connectivity index (χ1n) is 8.84. The molecule has 132 valence electrons. The second kappa shape index (κ2) is 6.07. The monoisotopic (exact) mass is 349 g/mol. The average Bonchev–Trinajstić information content (AvgIpc) is 3.13. The minimum Gasteiger partial charge on any atom is -0.445 e. The van der Waals surface area contributed by atoms with E-state index < -0.39 is 6.29 Å². The van der Waals surface area contributed by atoms with Crippen LogP contribution < -0.4 is 25.2 Å². The number of hydrogen-bond donors (Lipinski definition) is 1. The number of nitrogens with one attached hydrogen (secondary N) is 1. The number of benzene rings is 2. The zero-order valence-corrected chi connectivity index (χ0v) is 14.2. The van der Waals surface area contributed by atoms with E-state index in [4.69, 9.17) is 9.47 Å². The fourth-order valence-electron chi connectivity index (χ4n) is 3.64. The third kappa shape index (κ3) is 2.42. The number of ether oxygens (including phenoxy) is 2. The van der Waals surface area contributed by atoms with Crippen LogP contribution in [-0.2, 0) is 0 Å². The lowest BCUT2D eigenvalue weighted by Crippen LogP contribution is -2.50. The van der Waals surface area contributed by atoms with Crippen molar-refractivity contribution in [3.05, 3.63) is 70.5 Å². The Bertz CT molecular complexity index is 999. The number of para-hydroxylation sites is 3. The molecule has 1 saturated heterocycles. The lowest BCUT2D eigenvalue weighted by Gasteiger charge is -2.35. The van der Waals surface area contributed by atoms with Crippen LogP contribution >= 0.6 is 0 Å². The van der Waals surface area contributed by atoms with Gasteiger partial charge in [-0.2, -0.15) is 0 Å². The number of rotatable bonds is 2. The smallest absolute Gasteiger partial charge is 0.285 e. The Labute approximate surface area is 150 Å². The Hall–Kier alpha value is -2.99. The van der Waals surface area contributed by atoms with Crippen LogP contribution in [0.25, 0.3) is 10.9 Å². The highest BCUT2D eigenvalue weighted by Gasteiger charge is 2.30. The summed E-state index contributed by atoms with van der Waals surface area (Å²) in [5.74, 6) is 1.40. The second-order valence-electron chi connectivity index (χ2n) is 6.48. The van der Waals surface area contributed by atoms with Gasteiger partial charge in [0.05, 0.1) is 5.52 Å². The number of fused-ring (bicyclic) bond motifs is 2. The molecule has 1 fully saturated rings. The summed E-state index contributed by atoms with van der Waals surface area (Å²) in [6.45, 7) is 3.48. The SMILES string of the molecule is O=c1cc(C2Oc3ccccc3O2)n(N2CCNCC2)c2ccccc12. The van der Waals surface area contributed by atoms with E-state index in [1.165, 1.54) is 0 Å². The second-order valence-corrected chi connectivity index (χ2v) is 6.48. The molecule has 0 saturated carbocycles. The number of pyridine rings is 1. The minimum atomic E-state index is -0.639. The van der Waals surface area contributed by atoms with Crippen molar-refractivity contribution in [1.29, 1.82) is 0 Å². The van der Waals surface area contributed by atoms with Crippen molar-refractivity contribution in [2.24, 2.45) is 0 Å². The lowest BCUT2D eigenvalue weighted by atomic mass is 10.2. The molecule has 2 aliphatic rings.